The van der Waals surface area contributed by atoms with E-state index in [9.17, 15) is 4.79 Å². The van der Waals surface area contributed by atoms with Crippen molar-refractivity contribution in [2.45, 2.75) is 0 Å². The molecule has 5 nitrogen and oxygen atoms in total. The maximum Gasteiger partial charge on any atom is 0.258 e. The van der Waals surface area contributed by atoms with Crippen LogP contribution in [-0.4, -0.2) is 25.9 Å². The van der Waals surface area contributed by atoms with Gasteiger partial charge in [0.25, 0.3) is 5.91 Å². The second-order valence-corrected chi connectivity index (χ2v) is 4.84. The van der Waals surface area contributed by atoms with Crippen LogP contribution in [0.4, 0.5) is 5.69 Å². The molecule has 21 heavy (non-hydrogen) atoms. The molecule has 2 heterocycles. The second kappa shape index (κ2) is 4.70. The molecule has 2 aliphatic rings. The van der Waals surface area contributed by atoms with Crippen LogP contribution in [0.1, 0.15) is 10.4 Å². The minimum Gasteiger partial charge on any atom is -0.490 e. The van der Waals surface area contributed by atoms with Gasteiger partial charge in [-0.05, 0) is 30.3 Å². The van der Waals surface area contributed by atoms with Gasteiger partial charge in [0.2, 0.25) is 6.79 Å². The molecule has 1 amide bonds. The summed E-state index contributed by atoms with van der Waals surface area (Å²) in [4.78, 5) is 14.5. The Balaban J connectivity index is 1.70. The zero-order valence-electron chi connectivity index (χ0n) is 11.2. The van der Waals surface area contributed by atoms with Crippen molar-refractivity contribution in [2.75, 3.05) is 24.8 Å². The zero-order valence-corrected chi connectivity index (χ0v) is 11.2. The Morgan fingerprint density at radius 1 is 0.952 bits per heavy atom. The van der Waals surface area contributed by atoms with Gasteiger partial charge < -0.3 is 19.1 Å². The lowest BCUT2D eigenvalue weighted by molar-refractivity contribution is 0.0976. The first kappa shape index (κ1) is 12.1. The molecule has 2 aromatic carbocycles. The lowest BCUT2D eigenvalue weighted by Crippen LogP contribution is -2.37. The molecular formula is C16H13NO4. The summed E-state index contributed by atoms with van der Waals surface area (Å²) in [6.07, 6.45) is 0. The number of benzene rings is 2. The van der Waals surface area contributed by atoms with E-state index in [1.165, 1.54) is 0 Å². The molecule has 0 N–H and O–H groups in total. The Morgan fingerprint density at radius 2 is 1.81 bits per heavy atom. The molecule has 106 valence electrons. The predicted molar refractivity (Wildman–Crippen MR) is 76.2 cm³/mol. The third-order valence-electron chi connectivity index (χ3n) is 3.59. The van der Waals surface area contributed by atoms with Crippen molar-refractivity contribution in [1.29, 1.82) is 0 Å². The monoisotopic (exact) mass is 283 g/mol. The Hall–Kier alpha value is -2.69. The van der Waals surface area contributed by atoms with Crippen LogP contribution in [0.3, 0.4) is 0 Å². The quantitative estimate of drug-likeness (QED) is 0.806. The number of hydrogen-bond donors (Lipinski definition) is 0. The van der Waals surface area contributed by atoms with Crippen molar-refractivity contribution >= 4 is 11.6 Å². The summed E-state index contributed by atoms with van der Waals surface area (Å²) < 4.78 is 16.2. The van der Waals surface area contributed by atoms with E-state index in [0.717, 1.165) is 11.4 Å². The van der Waals surface area contributed by atoms with Gasteiger partial charge in [-0.1, -0.05) is 12.1 Å². The number of anilines is 1. The summed E-state index contributed by atoms with van der Waals surface area (Å²) >= 11 is 0. The van der Waals surface area contributed by atoms with Crippen LogP contribution < -0.4 is 19.1 Å². The summed E-state index contributed by atoms with van der Waals surface area (Å²) in [6, 6.07) is 12.8. The molecule has 0 radical (unpaired) electrons. The minimum absolute atomic E-state index is 0.0657. The third kappa shape index (κ3) is 1.98. The maximum absolute atomic E-state index is 12.7. The molecule has 0 aliphatic carbocycles. The van der Waals surface area contributed by atoms with E-state index in [2.05, 4.69) is 0 Å². The second-order valence-electron chi connectivity index (χ2n) is 4.84. The number of nitrogens with zero attached hydrogens (tertiary/aromatic N) is 1. The van der Waals surface area contributed by atoms with Crippen LogP contribution in [-0.2, 0) is 0 Å². The van der Waals surface area contributed by atoms with Gasteiger partial charge in [0.05, 0.1) is 12.2 Å². The van der Waals surface area contributed by atoms with E-state index in [4.69, 9.17) is 14.2 Å². The first-order valence-corrected chi connectivity index (χ1v) is 6.76. The lowest BCUT2D eigenvalue weighted by Gasteiger charge is -2.29. The fourth-order valence-corrected chi connectivity index (χ4v) is 2.57. The molecular weight excluding hydrogens is 270 g/mol. The standard InChI is InChI=1S/C16H13NO4/c18-16(11-5-6-14-15(9-11)21-10-20-14)17-7-8-19-13-4-2-1-3-12(13)17/h1-6,9H,7-8,10H2. The van der Waals surface area contributed by atoms with E-state index in [-0.39, 0.29) is 12.7 Å². The number of fused-ring (bicyclic) bond motifs is 2. The topological polar surface area (TPSA) is 48.0 Å². The normalized spacial score (nSPS) is 15.3. The molecule has 0 atom stereocenters. The van der Waals surface area contributed by atoms with Crippen molar-refractivity contribution in [3.05, 3.63) is 48.0 Å². The van der Waals surface area contributed by atoms with E-state index in [1.807, 2.05) is 24.3 Å². The highest BCUT2D eigenvalue weighted by Crippen LogP contribution is 2.35. The molecule has 0 unspecified atom stereocenters. The van der Waals surface area contributed by atoms with Crippen LogP contribution in [0.25, 0.3) is 0 Å². The van der Waals surface area contributed by atoms with Crippen molar-refractivity contribution < 1.29 is 19.0 Å². The van der Waals surface area contributed by atoms with Crippen molar-refractivity contribution in [3.8, 4) is 17.2 Å². The number of hydrogen-bond acceptors (Lipinski definition) is 4. The van der Waals surface area contributed by atoms with Crippen LogP contribution >= 0.6 is 0 Å². The predicted octanol–water partition coefficient (Wildman–Crippen LogP) is 2.45. The molecule has 0 saturated carbocycles. The summed E-state index contributed by atoms with van der Waals surface area (Å²) in [5, 5.41) is 0. The first-order valence-electron chi connectivity index (χ1n) is 6.76. The smallest absolute Gasteiger partial charge is 0.258 e. The molecule has 0 spiro atoms. The number of para-hydroxylation sites is 2. The van der Waals surface area contributed by atoms with Crippen molar-refractivity contribution in [2.24, 2.45) is 0 Å². The van der Waals surface area contributed by atoms with Gasteiger partial charge in [-0.15, -0.1) is 0 Å². The first-order chi connectivity index (χ1) is 10.3. The highest BCUT2D eigenvalue weighted by atomic mass is 16.7. The summed E-state index contributed by atoms with van der Waals surface area (Å²) in [5.41, 5.74) is 1.38. The van der Waals surface area contributed by atoms with Crippen molar-refractivity contribution in [3.63, 3.8) is 0 Å². The van der Waals surface area contributed by atoms with Crippen LogP contribution in [0, 0.1) is 0 Å². The molecule has 4 rings (SSSR count). The molecule has 5 heteroatoms. The number of amides is 1. The number of rotatable bonds is 1. The number of carbonyl (C=O) groups is 1. The Labute approximate surface area is 121 Å². The molecule has 0 fully saturated rings. The summed E-state index contributed by atoms with van der Waals surface area (Å²) in [5.74, 6) is 1.96. The Kier molecular flexibility index (Phi) is 2.70. The molecule has 0 saturated heterocycles. The number of ether oxygens (including phenoxy) is 3. The fourth-order valence-electron chi connectivity index (χ4n) is 2.57. The van der Waals surface area contributed by atoms with E-state index in [1.54, 1.807) is 23.1 Å². The average Bonchev–Trinajstić information content (AvgIpc) is 3.01. The number of carbonyl (C=O) groups excluding carboxylic acids is 1. The van der Waals surface area contributed by atoms with E-state index in [0.29, 0.717) is 30.2 Å². The molecule has 2 aliphatic heterocycles. The van der Waals surface area contributed by atoms with Gasteiger partial charge >= 0.3 is 0 Å². The zero-order chi connectivity index (χ0) is 14.2. The molecule has 0 bridgehead atoms. The van der Waals surface area contributed by atoms with Crippen LogP contribution in [0.2, 0.25) is 0 Å². The van der Waals surface area contributed by atoms with Gasteiger partial charge in [0.1, 0.15) is 12.4 Å². The SMILES string of the molecule is O=C(c1ccc2c(c1)OCO2)N1CCOc2ccccc21. The van der Waals surface area contributed by atoms with Crippen LogP contribution in [0.5, 0.6) is 17.2 Å². The van der Waals surface area contributed by atoms with Gasteiger partial charge in [-0.25, -0.2) is 0 Å². The van der Waals surface area contributed by atoms with Gasteiger partial charge in [-0.2, -0.15) is 0 Å². The average molecular weight is 283 g/mol. The van der Waals surface area contributed by atoms with Crippen LogP contribution in [0.15, 0.2) is 42.5 Å². The van der Waals surface area contributed by atoms with Gasteiger partial charge in [0.15, 0.2) is 11.5 Å². The fraction of sp³-hybridized carbons (Fsp3) is 0.188. The Morgan fingerprint density at radius 3 is 2.76 bits per heavy atom. The van der Waals surface area contributed by atoms with E-state index < -0.39 is 0 Å². The highest BCUT2D eigenvalue weighted by Gasteiger charge is 2.25. The summed E-state index contributed by atoms with van der Waals surface area (Å²) in [6.45, 7) is 1.23. The minimum atomic E-state index is -0.0657. The lowest BCUT2D eigenvalue weighted by atomic mass is 10.1. The van der Waals surface area contributed by atoms with Crippen molar-refractivity contribution in [1.82, 2.24) is 0 Å². The summed E-state index contributed by atoms with van der Waals surface area (Å²) in [7, 11) is 0. The highest BCUT2D eigenvalue weighted by molar-refractivity contribution is 6.07. The third-order valence-corrected chi connectivity index (χ3v) is 3.59. The van der Waals surface area contributed by atoms with Gasteiger partial charge in [-0.3, -0.25) is 4.79 Å². The molecule has 0 aromatic heterocycles. The largest absolute Gasteiger partial charge is 0.490 e. The van der Waals surface area contributed by atoms with E-state index >= 15 is 0 Å². The molecule has 2 aromatic rings. The van der Waals surface area contributed by atoms with Gasteiger partial charge in [0, 0.05) is 5.56 Å². The Bertz CT molecular complexity index is 713. The maximum atomic E-state index is 12.7.